The van der Waals surface area contributed by atoms with Crippen molar-refractivity contribution in [2.75, 3.05) is 6.61 Å². The summed E-state index contributed by atoms with van der Waals surface area (Å²) in [5.74, 6) is -0.846. The maximum absolute atomic E-state index is 10.7. The van der Waals surface area contributed by atoms with Crippen molar-refractivity contribution in [3.8, 4) is 5.75 Å². The predicted octanol–water partition coefficient (Wildman–Crippen LogP) is 1.91. The van der Waals surface area contributed by atoms with E-state index in [0.717, 1.165) is 0 Å². The minimum atomic E-state index is -1.12. The number of carbonyl (C=O) groups is 1. The lowest BCUT2D eigenvalue weighted by Gasteiger charge is -2.08. The van der Waals surface area contributed by atoms with Crippen LogP contribution in [0.4, 0.5) is 5.69 Å². The highest BCUT2D eigenvalue weighted by Crippen LogP contribution is 2.28. The summed E-state index contributed by atoms with van der Waals surface area (Å²) in [4.78, 5) is 24.9. The summed E-state index contributed by atoms with van der Waals surface area (Å²) in [5.41, 5.74) is 1.06. The number of hydrogen-bond acceptors (Lipinski definition) is 5. The Morgan fingerprint density at radius 3 is 2.84 bits per heavy atom. The standard InChI is InChI=1S/C12H10N2O5/c1-7-4-11(19-6-12(15)16)9-5-8(14(17)18)2-3-10(9)13-7/h2-5H,6H2,1H3,(H,15,16). The van der Waals surface area contributed by atoms with Crippen LogP contribution in [0.15, 0.2) is 24.3 Å². The SMILES string of the molecule is Cc1cc(OCC(=O)O)c2cc([N+](=O)[O-])ccc2n1. The van der Waals surface area contributed by atoms with Crippen LogP contribution in [0.1, 0.15) is 5.69 Å². The molecule has 7 heteroatoms. The number of fused-ring (bicyclic) bond motifs is 1. The van der Waals surface area contributed by atoms with Gasteiger partial charge in [-0.15, -0.1) is 0 Å². The molecule has 1 aromatic heterocycles. The number of carboxylic acid groups (broad SMARTS) is 1. The van der Waals surface area contributed by atoms with Gasteiger partial charge >= 0.3 is 5.97 Å². The van der Waals surface area contributed by atoms with Gasteiger partial charge in [0.1, 0.15) is 5.75 Å². The maximum Gasteiger partial charge on any atom is 0.341 e. The van der Waals surface area contributed by atoms with Crippen molar-refractivity contribution in [3.05, 3.63) is 40.1 Å². The predicted molar refractivity (Wildman–Crippen MR) is 66.3 cm³/mol. The van der Waals surface area contributed by atoms with Crippen LogP contribution in [0.25, 0.3) is 10.9 Å². The molecule has 1 aromatic carbocycles. The second kappa shape index (κ2) is 4.89. The zero-order valence-electron chi connectivity index (χ0n) is 9.99. The van der Waals surface area contributed by atoms with Gasteiger partial charge in [0.15, 0.2) is 6.61 Å². The van der Waals surface area contributed by atoms with Crippen LogP contribution >= 0.6 is 0 Å². The van der Waals surface area contributed by atoms with E-state index in [2.05, 4.69) is 4.98 Å². The molecule has 0 radical (unpaired) electrons. The summed E-state index contributed by atoms with van der Waals surface area (Å²) >= 11 is 0. The second-order valence-corrected chi connectivity index (χ2v) is 3.90. The third-order valence-corrected chi connectivity index (χ3v) is 2.44. The Bertz CT molecular complexity index is 668. The number of nitro groups is 1. The fraction of sp³-hybridized carbons (Fsp3) is 0.167. The topological polar surface area (TPSA) is 103 Å². The van der Waals surface area contributed by atoms with Gasteiger partial charge in [0, 0.05) is 29.3 Å². The molecule has 0 aliphatic heterocycles. The first-order valence-electron chi connectivity index (χ1n) is 5.38. The number of pyridine rings is 1. The van der Waals surface area contributed by atoms with E-state index in [-0.39, 0.29) is 11.4 Å². The van der Waals surface area contributed by atoms with Gasteiger partial charge in [-0.2, -0.15) is 0 Å². The van der Waals surface area contributed by atoms with E-state index >= 15 is 0 Å². The highest BCUT2D eigenvalue weighted by molar-refractivity contribution is 5.87. The summed E-state index contributed by atoms with van der Waals surface area (Å²) in [6, 6.07) is 5.72. The lowest BCUT2D eigenvalue weighted by Crippen LogP contribution is -2.10. The first-order valence-corrected chi connectivity index (χ1v) is 5.38. The van der Waals surface area contributed by atoms with Crippen LogP contribution in [0.2, 0.25) is 0 Å². The summed E-state index contributed by atoms with van der Waals surface area (Å²) < 4.78 is 5.13. The van der Waals surface area contributed by atoms with Gasteiger partial charge in [-0.05, 0) is 13.0 Å². The fourth-order valence-corrected chi connectivity index (χ4v) is 1.68. The van der Waals surface area contributed by atoms with Crippen molar-refractivity contribution < 1.29 is 19.6 Å². The van der Waals surface area contributed by atoms with Crippen LogP contribution in [0.3, 0.4) is 0 Å². The summed E-state index contributed by atoms with van der Waals surface area (Å²) in [7, 11) is 0. The van der Waals surface area contributed by atoms with Crippen molar-refractivity contribution in [1.29, 1.82) is 0 Å². The van der Waals surface area contributed by atoms with E-state index in [1.165, 1.54) is 18.2 Å². The van der Waals surface area contributed by atoms with Crippen LogP contribution in [0.5, 0.6) is 5.75 Å². The number of rotatable bonds is 4. The highest BCUT2D eigenvalue weighted by atomic mass is 16.6. The molecule has 2 aromatic rings. The van der Waals surface area contributed by atoms with E-state index in [0.29, 0.717) is 16.6 Å². The first-order chi connectivity index (χ1) is 8.97. The lowest BCUT2D eigenvalue weighted by atomic mass is 10.1. The molecule has 0 fully saturated rings. The minimum absolute atomic E-state index is 0.0988. The Morgan fingerprint density at radius 2 is 2.21 bits per heavy atom. The van der Waals surface area contributed by atoms with Gasteiger partial charge < -0.3 is 9.84 Å². The lowest BCUT2D eigenvalue weighted by molar-refractivity contribution is -0.384. The number of aromatic nitrogens is 1. The van der Waals surface area contributed by atoms with Crippen molar-refractivity contribution in [2.45, 2.75) is 6.92 Å². The number of ether oxygens (including phenoxy) is 1. The molecule has 0 bridgehead atoms. The van der Waals surface area contributed by atoms with Crippen molar-refractivity contribution >= 4 is 22.6 Å². The van der Waals surface area contributed by atoms with Crippen LogP contribution < -0.4 is 4.74 Å². The largest absolute Gasteiger partial charge is 0.481 e. The van der Waals surface area contributed by atoms with E-state index in [9.17, 15) is 14.9 Å². The van der Waals surface area contributed by atoms with Crippen molar-refractivity contribution in [2.24, 2.45) is 0 Å². The van der Waals surface area contributed by atoms with Gasteiger partial charge in [0.25, 0.3) is 5.69 Å². The zero-order chi connectivity index (χ0) is 14.0. The minimum Gasteiger partial charge on any atom is -0.481 e. The number of aryl methyl sites for hydroxylation is 1. The number of nitrogens with zero attached hydrogens (tertiary/aromatic N) is 2. The normalized spacial score (nSPS) is 10.4. The summed E-state index contributed by atoms with van der Waals surface area (Å²) in [5, 5.41) is 19.8. The van der Waals surface area contributed by atoms with Gasteiger partial charge in [-0.3, -0.25) is 15.1 Å². The Balaban J connectivity index is 2.55. The van der Waals surface area contributed by atoms with Crippen molar-refractivity contribution in [3.63, 3.8) is 0 Å². The second-order valence-electron chi connectivity index (χ2n) is 3.90. The first kappa shape index (κ1) is 12.7. The molecule has 7 nitrogen and oxygen atoms in total. The van der Waals surface area contributed by atoms with Crippen molar-refractivity contribution in [1.82, 2.24) is 4.98 Å². The molecule has 1 N–H and O–H groups in total. The molecule has 0 aliphatic rings. The summed E-state index contributed by atoms with van der Waals surface area (Å²) in [6.45, 7) is 1.22. The molecule has 1 heterocycles. The Labute approximate surface area is 107 Å². The molecule has 0 unspecified atom stereocenters. The Hall–Kier alpha value is -2.70. The number of non-ortho nitro benzene ring substituents is 1. The molecular weight excluding hydrogens is 252 g/mol. The third-order valence-electron chi connectivity index (χ3n) is 2.44. The van der Waals surface area contributed by atoms with Gasteiger partial charge in [0.05, 0.1) is 10.4 Å². The zero-order valence-corrected chi connectivity index (χ0v) is 9.99. The average molecular weight is 262 g/mol. The average Bonchev–Trinajstić information content (AvgIpc) is 2.35. The van der Waals surface area contributed by atoms with Crippen LogP contribution in [-0.2, 0) is 4.79 Å². The molecular formula is C12H10N2O5. The smallest absolute Gasteiger partial charge is 0.341 e. The van der Waals surface area contributed by atoms with Crippen LogP contribution in [-0.4, -0.2) is 27.6 Å². The quantitative estimate of drug-likeness (QED) is 0.666. The van der Waals surface area contributed by atoms with E-state index in [4.69, 9.17) is 9.84 Å². The van der Waals surface area contributed by atoms with E-state index < -0.39 is 17.5 Å². The molecule has 0 amide bonds. The number of nitro benzene ring substituents is 1. The molecule has 19 heavy (non-hydrogen) atoms. The molecule has 98 valence electrons. The third kappa shape index (κ3) is 2.76. The number of hydrogen-bond donors (Lipinski definition) is 1. The van der Waals surface area contributed by atoms with Gasteiger partial charge in [-0.1, -0.05) is 0 Å². The van der Waals surface area contributed by atoms with Gasteiger partial charge in [0.2, 0.25) is 0 Å². The number of aliphatic carboxylic acids is 1. The highest BCUT2D eigenvalue weighted by Gasteiger charge is 2.12. The maximum atomic E-state index is 10.7. The Kier molecular flexibility index (Phi) is 3.28. The molecule has 0 spiro atoms. The summed E-state index contributed by atoms with van der Waals surface area (Å²) in [6.07, 6.45) is 0. The van der Waals surface area contributed by atoms with E-state index in [1.54, 1.807) is 13.0 Å². The molecule has 0 saturated heterocycles. The number of benzene rings is 1. The fourth-order valence-electron chi connectivity index (χ4n) is 1.68. The Morgan fingerprint density at radius 1 is 1.47 bits per heavy atom. The molecule has 0 saturated carbocycles. The van der Waals surface area contributed by atoms with Gasteiger partial charge in [-0.25, -0.2) is 4.79 Å². The van der Waals surface area contributed by atoms with Crippen LogP contribution in [0, 0.1) is 17.0 Å². The van der Waals surface area contributed by atoms with E-state index in [1.807, 2.05) is 0 Å². The molecule has 0 atom stereocenters. The molecule has 0 aliphatic carbocycles. The molecule has 2 rings (SSSR count). The number of carboxylic acids is 1. The monoisotopic (exact) mass is 262 g/mol.